The molecule has 0 radical (unpaired) electrons. The summed E-state index contributed by atoms with van der Waals surface area (Å²) in [4.78, 5) is 14.9. The first-order valence-corrected chi connectivity index (χ1v) is 12.8. The van der Waals surface area contributed by atoms with Crippen LogP contribution in [0.1, 0.15) is 21.7 Å². The lowest BCUT2D eigenvalue weighted by Crippen LogP contribution is -2.50. The summed E-state index contributed by atoms with van der Waals surface area (Å²) in [5, 5.41) is 0. The second-order valence-corrected chi connectivity index (χ2v) is 10.5. The van der Waals surface area contributed by atoms with Gasteiger partial charge in [0, 0.05) is 48.8 Å². The largest absolute Gasteiger partial charge is 0.336 e. The van der Waals surface area contributed by atoms with Crippen molar-refractivity contribution in [1.82, 2.24) is 22.5 Å². The summed E-state index contributed by atoms with van der Waals surface area (Å²) < 4.78 is 38.3. The molecule has 0 spiro atoms. The second kappa shape index (κ2) is 8.36. The lowest BCUT2D eigenvalue weighted by Gasteiger charge is -2.34. The number of hydrogen-bond donors (Lipinski definition) is 0. The zero-order valence-corrected chi connectivity index (χ0v) is 19.9. The summed E-state index contributed by atoms with van der Waals surface area (Å²) in [6.07, 6.45) is 0. The van der Waals surface area contributed by atoms with Gasteiger partial charge in [-0.15, -0.1) is 0 Å². The maximum atomic E-state index is 13.2. The minimum absolute atomic E-state index is 0.0923. The standard InChI is InChI=1S/C23H23N5O3S2/c1-16-6-7-17(2)28(16)19-10-8-18(9-11-19)23(29)26-12-14-27(15-13-26)33(30,31)21-5-3-4-20-22(21)25-32-24-20/h3-11H,12-15H2,1-2H3. The molecule has 10 heteroatoms. The van der Waals surface area contributed by atoms with Crippen molar-refractivity contribution in [2.24, 2.45) is 0 Å². The summed E-state index contributed by atoms with van der Waals surface area (Å²) in [5.74, 6) is -0.0923. The van der Waals surface area contributed by atoms with Crippen LogP contribution in [-0.2, 0) is 10.0 Å². The Kier molecular flexibility index (Phi) is 5.51. The Morgan fingerprint density at radius 1 is 0.879 bits per heavy atom. The van der Waals surface area contributed by atoms with Crippen LogP contribution in [0, 0.1) is 13.8 Å². The number of piperazine rings is 1. The van der Waals surface area contributed by atoms with Gasteiger partial charge in [0.05, 0.1) is 11.7 Å². The molecule has 2 aromatic carbocycles. The van der Waals surface area contributed by atoms with Crippen molar-refractivity contribution in [2.75, 3.05) is 26.2 Å². The van der Waals surface area contributed by atoms with E-state index in [1.54, 1.807) is 23.1 Å². The molecule has 0 unspecified atom stereocenters. The van der Waals surface area contributed by atoms with Crippen LogP contribution in [0.5, 0.6) is 0 Å². The van der Waals surface area contributed by atoms with E-state index in [1.807, 2.05) is 38.1 Å². The Morgan fingerprint density at radius 2 is 1.55 bits per heavy atom. The zero-order chi connectivity index (χ0) is 23.2. The molecule has 0 aliphatic carbocycles. The third-order valence-corrected chi connectivity index (χ3v) is 8.51. The van der Waals surface area contributed by atoms with Gasteiger partial charge in [0.1, 0.15) is 15.9 Å². The molecule has 1 amide bonds. The van der Waals surface area contributed by atoms with E-state index in [1.165, 1.54) is 4.31 Å². The van der Waals surface area contributed by atoms with E-state index in [-0.39, 0.29) is 23.9 Å². The van der Waals surface area contributed by atoms with E-state index >= 15 is 0 Å². The molecule has 1 fully saturated rings. The molecule has 8 nitrogen and oxygen atoms in total. The van der Waals surface area contributed by atoms with Crippen molar-refractivity contribution in [3.8, 4) is 5.69 Å². The summed E-state index contributed by atoms with van der Waals surface area (Å²) in [6, 6.07) is 16.7. The van der Waals surface area contributed by atoms with Gasteiger partial charge in [0.15, 0.2) is 0 Å². The Morgan fingerprint density at radius 3 is 2.21 bits per heavy atom. The van der Waals surface area contributed by atoms with E-state index in [4.69, 9.17) is 0 Å². The molecule has 170 valence electrons. The van der Waals surface area contributed by atoms with Crippen molar-refractivity contribution < 1.29 is 13.2 Å². The first kappa shape index (κ1) is 21.7. The molecule has 1 aliphatic rings. The Bertz CT molecular complexity index is 1410. The first-order valence-electron chi connectivity index (χ1n) is 10.6. The van der Waals surface area contributed by atoms with E-state index in [9.17, 15) is 13.2 Å². The van der Waals surface area contributed by atoms with E-state index in [0.717, 1.165) is 28.8 Å². The molecule has 5 rings (SSSR count). The highest BCUT2D eigenvalue weighted by Crippen LogP contribution is 2.25. The predicted molar refractivity (Wildman–Crippen MR) is 127 cm³/mol. The molecule has 2 aromatic heterocycles. The van der Waals surface area contributed by atoms with Crippen LogP contribution in [0.4, 0.5) is 0 Å². The van der Waals surface area contributed by atoms with Crippen molar-refractivity contribution in [2.45, 2.75) is 18.7 Å². The molecule has 0 bridgehead atoms. The summed E-state index contributed by atoms with van der Waals surface area (Å²) >= 11 is 0.996. The van der Waals surface area contributed by atoms with Crippen LogP contribution in [0.25, 0.3) is 16.7 Å². The quantitative estimate of drug-likeness (QED) is 0.447. The third-order valence-electron chi connectivity index (χ3n) is 6.04. The number of amides is 1. The van der Waals surface area contributed by atoms with Gasteiger partial charge in [0.2, 0.25) is 10.0 Å². The average Bonchev–Trinajstić information content (AvgIpc) is 3.44. The molecule has 3 heterocycles. The molecule has 0 atom stereocenters. The number of benzene rings is 2. The van der Waals surface area contributed by atoms with Crippen LogP contribution >= 0.6 is 11.7 Å². The van der Waals surface area contributed by atoms with Crippen molar-refractivity contribution >= 4 is 38.7 Å². The van der Waals surface area contributed by atoms with Gasteiger partial charge in [-0.1, -0.05) is 6.07 Å². The van der Waals surface area contributed by atoms with Crippen LogP contribution in [0.15, 0.2) is 59.5 Å². The molecule has 0 N–H and O–H groups in total. The molecule has 33 heavy (non-hydrogen) atoms. The maximum absolute atomic E-state index is 13.2. The normalized spacial score (nSPS) is 15.3. The van der Waals surface area contributed by atoms with Gasteiger partial charge in [-0.2, -0.15) is 13.1 Å². The summed E-state index contributed by atoms with van der Waals surface area (Å²) in [6.45, 7) is 5.24. The third kappa shape index (κ3) is 3.84. The number of carbonyl (C=O) groups is 1. The van der Waals surface area contributed by atoms with Crippen molar-refractivity contribution in [3.05, 3.63) is 71.5 Å². The highest BCUT2D eigenvalue weighted by Gasteiger charge is 2.32. The average molecular weight is 482 g/mol. The molecule has 4 aromatic rings. The van der Waals surface area contributed by atoms with Crippen LogP contribution < -0.4 is 0 Å². The van der Waals surface area contributed by atoms with Gasteiger partial charge >= 0.3 is 0 Å². The predicted octanol–water partition coefficient (Wildman–Crippen LogP) is 3.25. The number of carbonyl (C=O) groups excluding carboxylic acids is 1. The smallest absolute Gasteiger partial charge is 0.253 e. The topological polar surface area (TPSA) is 88.4 Å². The minimum atomic E-state index is -3.71. The number of hydrogen-bond acceptors (Lipinski definition) is 6. The van der Waals surface area contributed by atoms with E-state index in [0.29, 0.717) is 29.7 Å². The fourth-order valence-electron chi connectivity index (χ4n) is 4.27. The second-order valence-electron chi connectivity index (χ2n) is 8.08. The van der Waals surface area contributed by atoms with Gasteiger partial charge < -0.3 is 9.47 Å². The van der Waals surface area contributed by atoms with Crippen LogP contribution in [0.3, 0.4) is 0 Å². The number of rotatable bonds is 4. The fourth-order valence-corrected chi connectivity index (χ4v) is 6.45. The summed E-state index contributed by atoms with van der Waals surface area (Å²) in [5.41, 5.74) is 4.84. The van der Waals surface area contributed by atoms with Gasteiger partial charge in [0.25, 0.3) is 5.91 Å². The van der Waals surface area contributed by atoms with Gasteiger partial charge in [-0.25, -0.2) is 8.42 Å². The zero-order valence-electron chi connectivity index (χ0n) is 18.3. The fraction of sp³-hybridized carbons (Fsp3) is 0.261. The Hall–Kier alpha value is -3.08. The van der Waals surface area contributed by atoms with E-state index < -0.39 is 10.0 Å². The first-order chi connectivity index (χ1) is 15.9. The minimum Gasteiger partial charge on any atom is -0.336 e. The highest BCUT2D eigenvalue weighted by molar-refractivity contribution is 7.89. The highest BCUT2D eigenvalue weighted by atomic mass is 32.2. The lowest BCUT2D eigenvalue weighted by atomic mass is 10.1. The molecule has 1 saturated heterocycles. The van der Waals surface area contributed by atoms with Crippen LogP contribution in [-0.4, -0.2) is 63.0 Å². The molecule has 0 saturated carbocycles. The van der Waals surface area contributed by atoms with E-state index in [2.05, 4.69) is 25.4 Å². The Labute approximate surface area is 196 Å². The SMILES string of the molecule is Cc1ccc(C)n1-c1ccc(C(=O)N2CCN(S(=O)(=O)c3cccc4nsnc34)CC2)cc1. The van der Waals surface area contributed by atoms with Crippen molar-refractivity contribution in [1.29, 1.82) is 0 Å². The number of aryl methyl sites for hydroxylation is 2. The molecule has 1 aliphatic heterocycles. The number of aromatic nitrogens is 3. The monoisotopic (exact) mass is 481 g/mol. The van der Waals surface area contributed by atoms with Crippen molar-refractivity contribution in [3.63, 3.8) is 0 Å². The number of nitrogens with zero attached hydrogens (tertiary/aromatic N) is 5. The lowest BCUT2D eigenvalue weighted by molar-refractivity contribution is 0.0698. The van der Waals surface area contributed by atoms with Gasteiger partial charge in [-0.3, -0.25) is 4.79 Å². The maximum Gasteiger partial charge on any atom is 0.253 e. The van der Waals surface area contributed by atoms with Crippen LogP contribution in [0.2, 0.25) is 0 Å². The summed E-state index contributed by atoms with van der Waals surface area (Å²) in [7, 11) is -3.71. The molecular weight excluding hydrogens is 458 g/mol. The van der Waals surface area contributed by atoms with Gasteiger partial charge in [-0.05, 0) is 62.4 Å². The number of sulfonamides is 1. The number of fused-ring (bicyclic) bond motifs is 1. The Balaban J connectivity index is 1.29. The molecular formula is C23H23N5O3S2.